The molecule has 15 heavy (non-hydrogen) atoms. The molecule has 1 aromatic carbocycles. The number of sulfonamides is 1. The monoisotopic (exact) mass is 249 g/mol. The zero-order valence-electron chi connectivity index (χ0n) is 8.23. The molecule has 0 spiro atoms. The van der Waals surface area contributed by atoms with Gasteiger partial charge in [-0.05, 0) is 12.1 Å². The Morgan fingerprint density at radius 2 is 2.07 bits per heavy atom. The summed E-state index contributed by atoms with van der Waals surface area (Å²) in [4.78, 5) is 0.123. The van der Waals surface area contributed by atoms with Crippen LogP contribution in [0.3, 0.4) is 0 Å². The summed E-state index contributed by atoms with van der Waals surface area (Å²) in [6.07, 6.45) is 0. The van der Waals surface area contributed by atoms with Gasteiger partial charge in [0.15, 0.2) is 0 Å². The second-order valence-electron chi connectivity index (χ2n) is 2.74. The van der Waals surface area contributed by atoms with E-state index in [-0.39, 0.29) is 17.3 Å². The molecule has 0 atom stereocenters. The Bertz CT molecular complexity index is 419. The summed E-state index contributed by atoms with van der Waals surface area (Å²) in [5, 5.41) is 0. The maximum atomic E-state index is 11.7. The number of rotatable bonds is 5. The molecule has 0 aromatic heterocycles. The van der Waals surface area contributed by atoms with Gasteiger partial charge in [-0.2, -0.15) is 0 Å². The van der Waals surface area contributed by atoms with Gasteiger partial charge in [0, 0.05) is 12.4 Å². The number of hydrogen-bond donors (Lipinski definition) is 1. The largest absolute Gasteiger partial charge is 0.495 e. The fourth-order valence-corrected chi connectivity index (χ4v) is 2.50. The van der Waals surface area contributed by atoms with Crippen molar-refractivity contribution in [2.75, 3.05) is 19.5 Å². The van der Waals surface area contributed by atoms with Crippen LogP contribution in [0.2, 0.25) is 0 Å². The molecule has 0 fully saturated rings. The van der Waals surface area contributed by atoms with Crippen molar-refractivity contribution in [1.29, 1.82) is 0 Å². The normalized spacial score (nSPS) is 11.3. The summed E-state index contributed by atoms with van der Waals surface area (Å²) < 4.78 is 30.8. The smallest absolute Gasteiger partial charge is 0.244 e. The Morgan fingerprint density at radius 3 is 2.67 bits per heavy atom. The molecule has 0 bridgehead atoms. The van der Waals surface area contributed by atoms with Gasteiger partial charge in [0.2, 0.25) is 10.0 Å². The lowest BCUT2D eigenvalue weighted by Gasteiger charge is -2.09. The maximum absolute atomic E-state index is 11.7. The average Bonchev–Trinajstić information content (AvgIpc) is 2.26. The van der Waals surface area contributed by atoms with Crippen molar-refractivity contribution in [2.45, 2.75) is 4.90 Å². The highest BCUT2D eigenvalue weighted by Gasteiger charge is 2.17. The maximum Gasteiger partial charge on any atom is 0.244 e. The second-order valence-corrected chi connectivity index (χ2v) is 4.85. The minimum Gasteiger partial charge on any atom is -0.495 e. The predicted octanol–water partition coefficient (Wildman–Crippen LogP) is 1.21. The van der Waals surface area contributed by atoms with Crippen molar-refractivity contribution in [3.8, 4) is 5.75 Å². The van der Waals surface area contributed by atoms with E-state index in [2.05, 4.69) is 4.72 Å². The molecule has 0 aliphatic heterocycles. The number of alkyl halides is 1. The van der Waals surface area contributed by atoms with E-state index in [9.17, 15) is 8.42 Å². The Kier molecular flexibility index (Phi) is 4.38. The van der Waals surface area contributed by atoms with Crippen LogP contribution in [0.25, 0.3) is 0 Å². The topological polar surface area (TPSA) is 55.4 Å². The summed E-state index contributed by atoms with van der Waals surface area (Å²) in [5.74, 6) is 0.550. The van der Waals surface area contributed by atoms with Gasteiger partial charge in [0.05, 0.1) is 7.11 Å². The van der Waals surface area contributed by atoms with Crippen LogP contribution in [0, 0.1) is 0 Å². The van der Waals surface area contributed by atoms with E-state index in [1.54, 1.807) is 18.2 Å². The Morgan fingerprint density at radius 1 is 1.40 bits per heavy atom. The van der Waals surface area contributed by atoms with Crippen LogP contribution in [0.5, 0.6) is 5.75 Å². The number of methoxy groups -OCH3 is 1. The molecule has 6 heteroatoms. The fraction of sp³-hybridized carbons (Fsp3) is 0.333. The molecule has 0 saturated carbocycles. The lowest BCUT2D eigenvalue weighted by atomic mass is 10.3. The van der Waals surface area contributed by atoms with Crippen LogP contribution in [0.4, 0.5) is 0 Å². The van der Waals surface area contributed by atoms with E-state index in [1.165, 1.54) is 13.2 Å². The quantitative estimate of drug-likeness (QED) is 0.799. The van der Waals surface area contributed by atoms with E-state index in [1.807, 2.05) is 0 Å². The van der Waals surface area contributed by atoms with E-state index in [0.717, 1.165) is 0 Å². The molecule has 0 radical (unpaired) electrons. The standard InChI is InChI=1S/C9H12ClNO3S/c1-14-8-4-2-3-5-9(8)15(12,13)11-7-6-10/h2-5,11H,6-7H2,1H3. The zero-order chi connectivity index (χ0) is 11.3. The second kappa shape index (κ2) is 5.34. The molecule has 0 amide bonds. The molecule has 0 aliphatic rings. The van der Waals surface area contributed by atoms with Crippen molar-refractivity contribution in [1.82, 2.24) is 4.72 Å². The van der Waals surface area contributed by atoms with Crippen LogP contribution in [0.1, 0.15) is 0 Å². The summed E-state index contributed by atoms with van der Waals surface area (Å²) >= 11 is 5.41. The molecule has 0 aliphatic carbocycles. The molecule has 84 valence electrons. The number of nitrogens with one attached hydrogen (secondary N) is 1. The first-order chi connectivity index (χ1) is 7.11. The third kappa shape index (κ3) is 3.09. The summed E-state index contributed by atoms with van der Waals surface area (Å²) in [7, 11) is -2.10. The van der Waals surface area contributed by atoms with Crippen molar-refractivity contribution in [3.05, 3.63) is 24.3 Å². The van der Waals surface area contributed by atoms with Crippen LogP contribution in [-0.2, 0) is 10.0 Å². The lowest BCUT2D eigenvalue weighted by molar-refractivity contribution is 0.402. The summed E-state index contributed by atoms with van der Waals surface area (Å²) in [6.45, 7) is 0.196. The molecule has 0 saturated heterocycles. The Balaban J connectivity index is 3.04. The molecular weight excluding hydrogens is 238 g/mol. The minimum atomic E-state index is -3.52. The summed E-state index contributed by atoms with van der Waals surface area (Å²) in [6, 6.07) is 6.42. The van der Waals surface area contributed by atoms with Crippen molar-refractivity contribution in [3.63, 3.8) is 0 Å². The van der Waals surface area contributed by atoms with Crippen LogP contribution in [0.15, 0.2) is 29.2 Å². The highest BCUT2D eigenvalue weighted by Crippen LogP contribution is 2.22. The first-order valence-electron chi connectivity index (χ1n) is 4.30. The highest BCUT2D eigenvalue weighted by molar-refractivity contribution is 7.89. The number of para-hydroxylation sites is 1. The number of benzene rings is 1. The summed E-state index contributed by atoms with van der Waals surface area (Å²) in [5.41, 5.74) is 0. The van der Waals surface area contributed by atoms with Gasteiger partial charge < -0.3 is 4.74 Å². The molecule has 1 N–H and O–H groups in total. The van der Waals surface area contributed by atoms with Gasteiger partial charge in [0.1, 0.15) is 10.6 Å². The number of ether oxygens (including phenoxy) is 1. The molecule has 1 rings (SSSR count). The van der Waals surface area contributed by atoms with Gasteiger partial charge in [-0.1, -0.05) is 12.1 Å². The minimum absolute atomic E-state index is 0.123. The number of hydrogen-bond acceptors (Lipinski definition) is 3. The van der Waals surface area contributed by atoms with Gasteiger partial charge in [-0.25, -0.2) is 13.1 Å². The van der Waals surface area contributed by atoms with Gasteiger partial charge >= 0.3 is 0 Å². The highest BCUT2D eigenvalue weighted by atomic mass is 35.5. The Hall–Kier alpha value is -0.780. The predicted molar refractivity (Wildman–Crippen MR) is 58.9 cm³/mol. The van der Waals surface area contributed by atoms with Crippen molar-refractivity contribution in [2.24, 2.45) is 0 Å². The lowest BCUT2D eigenvalue weighted by Crippen LogP contribution is -2.25. The van der Waals surface area contributed by atoms with Crippen LogP contribution >= 0.6 is 11.6 Å². The van der Waals surface area contributed by atoms with Crippen LogP contribution < -0.4 is 9.46 Å². The molecular formula is C9H12ClNO3S. The van der Waals surface area contributed by atoms with E-state index < -0.39 is 10.0 Å². The third-order valence-corrected chi connectivity index (χ3v) is 3.43. The number of halogens is 1. The van der Waals surface area contributed by atoms with Crippen LogP contribution in [-0.4, -0.2) is 28.0 Å². The van der Waals surface area contributed by atoms with Crippen molar-refractivity contribution < 1.29 is 13.2 Å². The molecule has 0 heterocycles. The Labute approximate surface area is 94.3 Å². The van der Waals surface area contributed by atoms with Gasteiger partial charge in [0.25, 0.3) is 0 Å². The van der Waals surface area contributed by atoms with Gasteiger partial charge in [-0.15, -0.1) is 11.6 Å². The van der Waals surface area contributed by atoms with E-state index in [0.29, 0.717) is 5.75 Å². The SMILES string of the molecule is COc1ccccc1S(=O)(=O)NCCCl. The van der Waals surface area contributed by atoms with E-state index >= 15 is 0 Å². The molecule has 1 aromatic rings. The fourth-order valence-electron chi connectivity index (χ4n) is 1.09. The van der Waals surface area contributed by atoms with E-state index in [4.69, 9.17) is 16.3 Å². The van der Waals surface area contributed by atoms with Crippen molar-refractivity contribution >= 4 is 21.6 Å². The first-order valence-corrected chi connectivity index (χ1v) is 6.32. The van der Waals surface area contributed by atoms with Gasteiger partial charge in [-0.3, -0.25) is 0 Å². The first kappa shape index (κ1) is 12.3. The third-order valence-electron chi connectivity index (χ3n) is 1.75. The molecule has 0 unspecified atom stereocenters. The average molecular weight is 250 g/mol. The molecule has 4 nitrogen and oxygen atoms in total. The zero-order valence-corrected chi connectivity index (χ0v) is 9.81.